The van der Waals surface area contributed by atoms with E-state index < -0.39 is 45.1 Å². The van der Waals surface area contributed by atoms with E-state index in [4.69, 9.17) is 20.0 Å². The van der Waals surface area contributed by atoms with Gasteiger partial charge in [0.1, 0.15) is 24.4 Å². The Morgan fingerprint density at radius 1 is 1.06 bits per heavy atom. The highest BCUT2D eigenvalue weighted by Gasteiger charge is 2.43. The van der Waals surface area contributed by atoms with Crippen molar-refractivity contribution >= 4 is 7.82 Å². The van der Waals surface area contributed by atoms with Crippen molar-refractivity contribution < 1.29 is 44.0 Å². The standard InChI is InChI=1S/C6H13O9P/c7-3-2(1-14-16(11,12)13)15-6(10)5(9)4(3)8/h2-10H,1H2,(H2,11,12,13)/t2-,3+,4-,5+,6+/m0/s1. The number of aliphatic hydroxyl groups excluding tert-OH is 4. The minimum Gasteiger partial charge on any atom is -0.387 e. The Morgan fingerprint density at radius 3 is 2.12 bits per heavy atom. The highest BCUT2D eigenvalue weighted by atomic mass is 31.2. The summed E-state index contributed by atoms with van der Waals surface area (Å²) in [6, 6.07) is 0. The highest BCUT2D eigenvalue weighted by molar-refractivity contribution is 7.46. The molecule has 0 aromatic heterocycles. The van der Waals surface area contributed by atoms with E-state index in [1.807, 2.05) is 0 Å². The monoisotopic (exact) mass is 260 g/mol. The van der Waals surface area contributed by atoms with E-state index in [1.54, 1.807) is 0 Å². The van der Waals surface area contributed by atoms with Crippen LogP contribution in [0.3, 0.4) is 0 Å². The van der Waals surface area contributed by atoms with Gasteiger partial charge in [-0.2, -0.15) is 0 Å². The molecule has 0 aliphatic carbocycles. The molecule has 0 spiro atoms. The van der Waals surface area contributed by atoms with Gasteiger partial charge in [-0.1, -0.05) is 0 Å². The molecular weight excluding hydrogens is 247 g/mol. The van der Waals surface area contributed by atoms with Gasteiger partial charge in [-0.25, -0.2) is 4.57 Å². The van der Waals surface area contributed by atoms with Crippen molar-refractivity contribution in [2.75, 3.05) is 6.61 Å². The fourth-order valence-corrected chi connectivity index (χ4v) is 1.58. The molecule has 1 heterocycles. The second-order valence-electron chi connectivity index (χ2n) is 3.32. The fourth-order valence-electron chi connectivity index (χ4n) is 1.24. The van der Waals surface area contributed by atoms with Crippen molar-refractivity contribution in [2.45, 2.75) is 30.7 Å². The second-order valence-corrected chi connectivity index (χ2v) is 4.56. The lowest BCUT2D eigenvalue weighted by Crippen LogP contribution is -2.58. The zero-order valence-corrected chi connectivity index (χ0v) is 8.84. The molecule has 1 aliphatic rings. The molecule has 6 N–H and O–H groups in total. The largest absolute Gasteiger partial charge is 0.469 e. The number of rotatable bonds is 3. The minimum absolute atomic E-state index is 0.730. The maximum Gasteiger partial charge on any atom is 0.469 e. The first-order valence-electron chi connectivity index (χ1n) is 4.30. The summed E-state index contributed by atoms with van der Waals surface area (Å²) in [6.07, 6.45) is -8.11. The quantitative estimate of drug-likeness (QED) is 0.289. The van der Waals surface area contributed by atoms with Crippen LogP contribution in [-0.2, 0) is 13.8 Å². The van der Waals surface area contributed by atoms with Gasteiger partial charge in [-0.05, 0) is 0 Å². The lowest BCUT2D eigenvalue weighted by atomic mass is 10.00. The van der Waals surface area contributed by atoms with Gasteiger partial charge < -0.3 is 34.9 Å². The summed E-state index contributed by atoms with van der Waals surface area (Å²) in [6.45, 7) is -0.730. The molecule has 0 radical (unpaired) electrons. The molecule has 1 rings (SSSR count). The summed E-state index contributed by atoms with van der Waals surface area (Å²) >= 11 is 0. The predicted octanol–water partition coefficient (Wildman–Crippen LogP) is -3.10. The molecule has 1 saturated heterocycles. The summed E-state index contributed by atoms with van der Waals surface area (Å²) in [5.41, 5.74) is 0. The van der Waals surface area contributed by atoms with E-state index in [0.717, 1.165) is 0 Å². The molecule has 16 heavy (non-hydrogen) atoms. The van der Waals surface area contributed by atoms with Crippen LogP contribution < -0.4 is 0 Å². The molecule has 0 bridgehead atoms. The average molecular weight is 260 g/mol. The van der Waals surface area contributed by atoms with Crippen LogP contribution in [0.25, 0.3) is 0 Å². The van der Waals surface area contributed by atoms with Gasteiger partial charge in [0.15, 0.2) is 6.29 Å². The lowest BCUT2D eigenvalue weighted by molar-refractivity contribution is -0.285. The molecule has 0 aromatic carbocycles. The predicted molar refractivity (Wildman–Crippen MR) is 46.9 cm³/mol. The summed E-state index contributed by atoms with van der Waals surface area (Å²) in [4.78, 5) is 16.8. The van der Waals surface area contributed by atoms with Crippen molar-refractivity contribution in [3.05, 3.63) is 0 Å². The third kappa shape index (κ3) is 3.45. The molecule has 1 aliphatic heterocycles. The van der Waals surface area contributed by atoms with Gasteiger partial charge in [0.25, 0.3) is 0 Å². The van der Waals surface area contributed by atoms with E-state index in [-0.39, 0.29) is 0 Å². The Morgan fingerprint density at radius 2 is 1.62 bits per heavy atom. The van der Waals surface area contributed by atoms with E-state index in [0.29, 0.717) is 0 Å². The smallest absolute Gasteiger partial charge is 0.387 e. The molecule has 5 atom stereocenters. The van der Waals surface area contributed by atoms with Crippen molar-refractivity contribution in [3.8, 4) is 0 Å². The number of ether oxygens (including phenoxy) is 1. The summed E-state index contributed by atoms with van der Waals surface area (Å²) in [7, 11) is -4.73. The van der Waals surface area contributed by atoms with Crippen LogP contribution in [0.5, 0.6) is 0 Å². The Bertz CT molecular complexity index is 277. The van der Waals surface area contributed by atoms with Crippen LogP contribution in [0.4, 0.5) is 0 Å². The van der Waals surface area contributed by atoms with Gasteiger partial charge in [0.05, 0.1) is 6.61 Å². The van der Waals surface area contributed by atoms with E-state index >= 15 is 0 Å². The van der Waals surface area contributed by atoms with Crippen LogP contribution in [0.15, 0.2) is 0 Å². The normalized spacial score (nSPS) is 41.0. The average Bonchev–Trinajstić information content (AvgIpc) is 2.17. The lowest BCUT2D eigenvalue weighted by Gasteiger charge is -2.38. The Kier molecular flexibility index (Phi) is 4.41. The minimum atomic E-state index is -4.73. The summed E-state index contributed by atoms with van der Waals surface area (Å²) < 4.78 is 19.0. The number of hydrogen-bond acceptors (Lipinski definition) is 7. The van der Waals surface area contributed by atoms with Crippen molar-refractivity contribution in [1.29, 1.82) is 0 Å². The van der Waals surface area contributed by atoms with Crippen LogP contribution in [0, 0.1) is 0 Å². The summed E-state index contributed by atoms with van der Waals surface area (Å²) in [5, 5.41) is 36.7. The number of aliphatic hydroxyl groups is 4. The van der Waals surface area contributed by atoms with Crippen LogP contribution >= 0.6 is 7.82 Å². The van der Waals surface area contributed by atoms with E-state index in [1.165, 1.54) is 0 Å². The maximum atomic E-state index is 10.4. The third-order valence-electron chi connectivity index (χ3n) is 2.09. The topological polar surface area (TPSA) is 157 Å². The molecule has 10 heteroatoms. The highest BCUT2D eigenvalue weighted by Crippen LogP contribution is 2.36. The number of hydrogen-bond donors (Lipinski definition) is 6. The van der Waals surface area contributed by atoms with Crippen LogP contribution in [0.2, 0.25) is 0 Å². The van der Waals surface area contributed by atoms with Crippen molar-refractivity contribution in [1.82, 2.24) is 0 Å². The molecular formula is C6H13O9P. The molecule has 0 aromatic rings. The first-order chi connectivity index (χ1) is 7.22. The van der Waals surface area contributed by atoms with Crippen molar-refractivity contribution in [2.24, 2.45) is 0 Å². The molecule has 0 unspecified atom stereocenters. The third-order valence-corrected chi connectivity index (χ3v) is 2.58. The number of phosphoric acid groups is 1. The first kappa shape index (κ1) is 14.0. The van der Waals surface area contributed by atoms with E-state index in [2.05, 4.69) is 9.26 Å². The van der Waals surface area contributed by atoms with Crippen LogP contribution in [-0.4, -0.2) is 67.5 Å². The van der Waals surface area contributed by atoms with Gasteiger partial charge in [-0.3, -0.25) is 4.52 Å². The number of phosphoric ester groups is 1. The van der Waals surface area contributed by atoms with Crippen molar-refractivity contribution in [3.63, 3.8) is 0 Å². The summed E-state index contributed by atoms with van der Waals surface area (Å²) in [5.74, 6) is 0. The SMILES string of the molecule is O=P(O)(O)OC[C@@H]1O[C@@H](O)[C@H](O)[C@@H](O)[C@@H]1O. The van der Waals surface area contributed by atoms with Gasteiger partial charge in [-0.15, -0.1) is 0 Å². The fraction of sp³-hybridized carbons (Fsp3) is 1.00. The van der Waals surface area contributed by atoms with Crippen LogP contribution in [0.1, 0.15) is 0 Å². The Labute approximate surface area is 90.1 Å². The van der Waals surface area contributed by atoms with E-state index in [9.17, 15) is 14.8 Å². The van der Waals surface area contributed by atoms with Gasteiger partial charge in [0.2, 0.25) is 0 Å². The molecule has 0 saturated carbocycles. The maximum absolute atomic E-state index is 10.4. The zero-order chi connectivity index (χ0) is 12.5. The zero-order valence-electron chi connectivity index (χ0n) is 7.95. The van der Waals surface area contributed by atoms with Gasteiger partial charge >= 0.3 is 7.82 Å². The molecule has 96 valence electrons. The molecule has 9 nitrogen and oxygen atoms in total. The first-order valence-corrected chi connectivity index (χ1v) is 5.83. The molecule has 0 amide bonds. The van der Waals surface area contributed by atoms with Gasteiger partial charge in [0, 0.05) is 0 Å². The second kappa shape index (κ2) is 5.05. The Hall–Kier alpha value is -0.0900. The Balaban J connectivity index is 2.57. The molecule has 1 fully saturated rings.